The van der Waals surface area contributed by atoms with Crippen molar-refractivity contribution >= 4 is 17.3 Å². The molecule has 2 nitrogen and oxygen atoms in total. The van der Waals surface area contributed by atoms with Gasteiger partial charge in [0.2, 0.25) is 0 Å². The summed E-state index contributed by atoms with van der Waals surface area (Å²) in [5.41, 5.74) is 4.45. The fourth-order valence-electron chi connectivity index (χ4n) is 0.960. The van der Waals surface area contributed by atoms with Gasteiger partial charge in [0.25, 0.3) is 0 Å². The molecule has 0 saturated heterocycles. The summed E-state index contributed by atoms with van der Waals surface area (Å²) in [6.45, 7) is 0. The molecule has 14 heavy (non-hydrogen) atoms. The van der Waals surface area contributed by atoms with E-state index in [-0.39, 0.29) is 16.5 Å². The molecule has 78 valence electrons. The van der Waals surface area contributed by atoms with E-state index in [1.807, 2.05) is 0 Å². The normalized spacial score (nSPS) is 11.5. The minimum Gasteiger partial charge on any atom is -0.496 e. The minimum atomic E-state index is -4.50. The molecule has 2 N–H and O–H groups in total. The van der Waals surface area contributed by atoms with Crippen molar-refractivity contribution < 1.29 is 17.9 Å². The van der Waals surface area contributed by atoms with Gasteiger partial charge in [-0.1, -0.05) is 11.6 Å². The van der Waals surface area contributed by atoms with Crippen molar-refractivity contribution in [3.63, 3.8) is 0 Å². The van der Waals surface area contributed by atoms with Crippen LogP contribution in [-0.4, -0.2) is 7.11 Å². The molecule has 0 atom stereocenters. The first-order valence-corrected chi connectivity index (χ1v) is 3.94. The second-order valence-corrected chi connectivity index (χ2v) is 2.98. The second-order valence-electron chi connectivity index (χ2n) is 2.57. The summed E-state index contributed by atoms with van der Waals surface area (Å²) in [5, 5.41) is -0.141. The zero-order chi connectivity index (χ0) is 10.9. The third-order valence-electron chi connectivity index (χ3n) is 1.62. The lowest BCUT2D eigenvalue weighted by atomic mass is 10.1. The van der Waals surface area contributed by atoms with Crippen LogP contribution in [0.25, 0.3) is 0 Å². The highest BCUT2D eigenvalue weighted by atomic mass is 35.5. The fourth-order valence-corrected chi connectivity index (χ4v) is 1.12. The molecule has 0 aliphatic rings. The Hall–Kier alpha value is -1.10. The van der Waals surface area contributed by atoms with Crippen LogP contribution in [0.1, 0.15) is 5.56 Å². The van der Waals surface area contributed by atoms with E-state index in [9.17, 15) is 13.2 Å². The fraction of sp³-hybridized carbons (Fsp3) is 0.250. The van der Waals surface area contributed by atoms with Crippen molar-refractivity contribution in [3.05, 3.63) is 22.7 Å². The number of nitrogen functional groups attached to an aromatic ring is 1. The lowest BCUT2D eigenvalue weighted by molar-refractivity contribution is -0.138. The van der Waals surface area contributed by atoms with Crippen molar-refractivity contribution in [3.8, 4) is 5.75 Å². The van der Waals surface area contributed by atoms with E-state index < -0.39 is 11.7 Å². The zero-order valence-corrected chi connectivity index (χ0v) is 7.91. The number of anilines is 1. The molecule has 0 spiro atoms. The molecule has 0 aliphatic heterocycles. The molecule has 0 bridgehead atoms. The Bertz CT molecular complexity index is 351. The Balaban J connectivity index is 3.35. The first-order chi connectivity index (χ1) is 6.36. The Morgan fingerprint density at radius 2 is 1.93 bits per heavy atom. The van der Waals surface area contributed by atoms with Crippen molar-refractivity contribution in [2.24, 2.45) is 0 Å². The number of methoxy groups -OCH3 is 1. The van der Waals surface area contributed by atoms with Crippen molar-refractivity contribution in [2.45, 2.75) is 6.18 Å². The average molecular weight is 226 g/mol. The van der Waals surface area contributed by atoms with Crippen LogP contribution in [0.2, 0.25) is 5.02 Å². The number of nitrogens with two attached hydrogens (primary N) is 1. The second kappa shape index (κ2) is 3.57. The Morgan fingerprint density at radius 1 is 1.36 bits per heavy atom. The van der Waals surface area contributed by atoms with Gasteiger partial charge in [0.1, 0.15) is 5.75 Å². The number of hydrogen-bond acceptors (Lipinski definition) is 2. The topological polar surface area (TPSA) is 35.2 Å². The Morgan fingerprint density at radius 3 is 2.36 bits per heavy atom. The maximum absolute atomic E-state index is 12.4. The molecule has 6 heteroatoms. The van der Waals surface area contributed by atoms with E-state index in [2.05, 4.69) is 4.74 Å². The highest BCUT2D eigenvalue weighted by Gasteiger charge is 2.34. The van der Waals surface area contributed by atoms with Gasteiger partial charge in [-0.15, -0.1) is 0 Å². The van der Waals surface area contributed by atoms with Gasteiger partial charge in [-0.3, -0.25) is 0 Å². The van der Waals surface area contributed by atoms with Gasteiger partial charge >= 0.3 is 6.18 Å². The number of hydrogen-bond donors (Lipinski definition) is 1. The van der Waals surface area contributed by atoms with Gasteiger partial charge in [0.05, 0.1) is 23.4 Å². The predicted molar refractivity (Wildman–Crippen MR) is 47.4 cm³/mol. The summed E-state index contributed by atoms with van der Waals surface area (Å²) in [6, 6.07) is 1.79. The largest absolute Gasteiger partial charge is 0.496 e. The highest BCUT2D eigenvalue weighted by molar-refractivity contribution is 6.33. The third kappa shape index (κ3) is 2.04. The van der Waals surface area contributed by atoms with Gasteiger partial charge in [-0.25, -0.2) is 0 Å². The van der Waals surface area contributed by atoms with Crippen molar-refractivity contribution in [2.75, 3.05) is 12.8 Å². The number of benzene rings is 1. The lowest BCUT2D eigenvalue weighted by Crippen LogP contribution is -2.08. The van der Waals surface area contributed by atoms with E-state index in [1.165, 1.54) is 0 Å². The van der Waals surface area contributed by atoms with Crippen LogP contribution in [-0.2, 0) is 6.18 Å². The molecule has 1 rings (SSSR count). The van der Waals surface area contributed by atoms with E-state index >= 15 is 0 Å². The van der Waals surface area contributed by atoms with E-state index in [0.717, 1.165) is 19.2 Å². The smallest absolute Gasteiger partial charge is 0.420 e. The molecule has 0 radical (unpaired) electrons. The van der Waals surface area contributed by atoms with Crippen LogP contribution in [0.5, 0.6) is 5.75 Å². The number of alkyl halides is 3. The molecule has 0 fully saturated rings. The number of halogens is 4. The Kier molecular flexibility index (Phi) is 2.80. The number of rotatable bonds is 1. The lowest BCUT2D eigenvalue weighted by Gasteiger charge is -2.13. The Labute approximate surface area is 83.4 Å². The summed E-state index contributed by atoms with van der Waals surface area (Å²) >= 11 is 5.47. The summed E-state index contributed by atoms with van der Waals surface area (Å²) in [4.78, 5) is 0. The van der Waals surface area contributed by atoms with Crippen LogP contribution < -0.4 is 10.5 Å². The van der Waals surface area contributed by atoms with Crippen LogP contribution in [0.4, 0.5) is 18.9 Å². The standard InChI is InChI=1S/C8H7ClF3NO/c1-14-7-3-6(13)5(9)2-4(7)8(10,11)12/h2-3H,13H2,1H3. The number of ether oxygens (including phenoxy) is 1. The van der Waals surface area contributed by atoms with Crippen molar-refractivity contribution in [1.82, 2.24) is 0 Å². The van der Waals surface area contributed by atoms with Gasteiger partial charge < -0.3 is 10.5 Å². The third-order valence-corrected chi connectivity index (χ3v) is 1.95. The summed E-state index contributed by atoms with van der Waals surface area (Å²) in [6.07, 6.45) is -4.50. The van der Waals surface area contributed by atoms with Crippen LogP contribution in [0.3, 0.4) is 0 Å². The molecular weight excluding hydrogens is 219 g/mol. The maximum Gasteiger partial charge on any atom is 0.420 e. The SMILES string of the molecule is COc1cc(N)c(Cl)cc1C(F)(F)F. The average Bonchev–Trinajstić information content (AvgIpc) is 2.07. The van der Waals surface area contributed by atoms with E-state index in [4.69, 9.17) is 17.3 Å². The predicted octanol–water partition coefficient (Wildman–Crippen LogP) is 2.95. The molecule has 0 amide bonds. The summed E-state index contributed by atoms with van der Waals surface area (Å²) in [7, 11) is 1.14. The monoisotopic (exact) mass is 225 g/mol. The molecule has 0 aromatic heterocycles. The maximum atomic E-state index is 12.4. The molecule has 0 aliphatic carbocycles. The van der Waals surface area contributed by atoms with Crippen LogP contribution in [0, 0.1) is 0 Å². The van der Waals surface area contributed by atoms with E-state index in [1.54, 1.807) is 0 Å². The van der Waals surface area contributed by atoms with Gasteiger partial charge in [-0.2, -0.15) is 13.2 Å². The molecule has 1 aromatic carbocycles. The first-order valence-electron chi connectivity index (χ1n) is 3.56. The molecule has 0 saturated carbocycles. The van der Waals surface area contributed by atoms with Gasteiger partial charge in [0.15, 0.2) is 0 Å². The summed E-state index contributed by atoms with van der Waals surface area (Å²) in [5.74, 6) is -0.334. The molecule has 0 unspecified atom stereocenters. The molecular formula is C8H7ClF3NO. The zero-order valence-electron chi connectivity index (χ0n) is 7.15. The highest BCUT2D eigenvalue weighted by Crippen LogP contribution is 2.39. The minimum absolute atomic E-state index is 0.0523. The quantitative estimate of drug-likeness (QED) is 0.746. The van der Waals surface area contributed by atoms with Crippen LogP contribution >= 0.6 is 11.6 Å². The van der Waals surface area contributed by atoms with Crippen molar-refractivity contribution in [1.29, 1.82) is 0 Å². The molecule has 1 aromatic rings. The first kappa shape index (κ1) is 11.0. The van der Waals surface area contributed by atoms with Gasteiger partial charge in [0, 0.05) is 6.07 Å². The van der Waals surface area contributed by atoms with Crippen LogP contribution in [0.15, 0.2) is 12.1 Å². The summed E-state index contributed by atoms with van der Waals surface area (Å²) < 4.78 is 41.7. The molecule has 0 heterocycles. The van der Waals surface area contributed by atoms with E-state index in [0.29, 0.717) is 0 Å². The van der Waals surface area contributed by atoms with Gasteiger partial charge in [-0.05, 0) is 6.07 Å².